The van der Waals surface area contributed by atoms with E-state index >= 15 is 0 Å². The van der Waals surface area contributed by atoms with E-state index in [9.17, 15) is 13.2 Å². The highest BCUT2D eigenvalue weighted by Gasteiger charge is 2.33. The second-order valence-electron chi connectivity index (χ2n) is 7.58. The molecule has 5 nitrogen and oxygen atoms in total. The Morgan fingerprint density at radius 1 is 1.17 bits per heavy atom. The number of sulfonamides is 1. The number of hydrogen-bond donors (Lipinski definition) is 1. The van der Waals surface area contributed by atoms with Gasteiger partial charge in [0.15, 0.2) is 0 Å². The van der Waals surface area contributed by atoms with E-state index in [0.717, 1.165) is 12.0 Å². The van der Waals surface area contributed by atoms with E-state index in [1.165, 1.54) is 4.31 Å². The zero-order chi connectivity index (χ0) is 21.7. The lowest BCUT2D eigenvalue weighted by Crippen LogP contribution is -2.46. The van der Waals surface area contributed by atoms with Crippen LogP contribution in [0.5, 0.6) is 0 Å². The van der Waals surface area contributed by atoms with Gasteiger partial charge in [-0.1, -0.05) is 66.5 Å². The Morgan fingerprint density at radius 2 is 1.90 bits per heavy atom. The van der Waals surface area contributed by atoms with Crippen LogP contribution in [0, 0.1) is 5.92 Å². The molecule has 1 amide bonds. The van der Waals surface area contributed by atoms with Crippen molar-refractivity contribution in [1.82, 2.24) is 9.62 Å². The molecular weight excluding hydrogens is 443 g/mol. The summed E-state index contributed by atoms with van der Waals surface area (Å²) in [5.41, 5.74) is 1.62. The van der Waals surface area contributed by atoms with Crippen molar-refractivity contribution in [3.63, 3.8) is 0 Å². The number of rotatable bonds is 7. The standard InChI is InChI=1S/C22H26Cl2N2O3S/c1-2-21(17-7-4-3-5-8-17)25-22(27)18-9-6-12-26(14-18)30(28,29)15-16-10-11-19(23)20(24)13-16/h3-5,7-8,10-11,13,18,21H,2,6,9,12,14-15H2,1H3,(H,25,27)/t18-,21+/m0/s1. The summed E-state index contributed by atoms with van der Waals surface area (Å²) < 4.78 is 27.3. The molecule has 2 atom stereocenters. The minimum atomic E-state index is -3.57. The summed E-state index contributed by atoms with van der Waals surface area (Å²) in [6.45, 7) is 2.64. The molecule has 1 fully saturated rings. The fourth-order valence-electron chi connectivity index (χ4n) is 3.74. The van der Waals surface area contributed by atoms with Gasteiger partial charge in [-0.05, 0) is 42.5 Å². The van der Waals surface area contributed by atoms with Crippen LogP contribution in [0.4, 0.5) is 0 Å². The maximum Gasteiger partial charge on any atom is 0.224 e. The van der Waals surface area contributed by atoms with E-state index in [4.69, 9.17) is 23.2 Å². The largest absolute Gasteiger partial charge is 0.349 e. The van der Waals surface area contributed by atoms with Crippen LogP contribution in [0.15, 0.2) is 48.5 Å². The first kappa shape index (κ1) is 23.1. The van der Waals surface area contributed by atoms with Crippen LogP contribution >= 0.6 is 23.2 Å². The molecule has 0 spiro atoms. The third-order valence-electron chi connectivity index (χ3n) is 5.41. The van der Waals surface area contributed by atoms with Gasteiger partial charge < -0.3 is 5.32 Å². The number of hydrogen-bond acceptors (Lipinski definition) is 3. The van der Waals surface area contributed by atoms with Crippen molar-refractivity contribution in [2.24, 2.45) is 5.92 Å². The van der Waals surface area contributed by atoms with Crippen LogP contribution in [0.2, 0.25) is 10.0 Å². The van der Waals surface area contributed by atoms with Crippen molar-refractivity contribution in [3.8, 4) is 0 Å². The molecule has 2 aromatic rings. The van der Waals surface area contributed by atoms with Gasteiger partial charge in [-0.3, -0.25) is 4.79 Å². The SMILES string of the molecule is CC[C@@H](NC(=O)[C@H]1CCCN(S(=O)(=O)Cc2ccc(Cl)c(Cl)c2)C1)c1ccccc1. The van der Waals surface area contributed by atoms with Gasteiger partial charge in [0.05, 0.1) is 27.8 Å². The Hall–Kier alpha value is -1.60. The molecule has 0 bridgehead atoms. The van der Waals surface area contributed by atoms with E-state index in [0.29, 0.717) is 35.0 Å². The monoisotopic (exact) mass is 468 g/mol. The highest BCUT2D eigenvalue weighted by Crippen LogP contribution is 2.26. The fourth-order valence-corrected chi connectivity index (χ4v) is 5.65. The normalized spacial score (nSPS) is 18.7. The average molecular weight is 469 g/mol. The molecule has 3 rings (SSSR count). The predicted molar refractivity (Wildman–Crippen MR) is 121 cm³/mol. The topological polar surface area (TPSA) is 66.5 Å². The third kappa shape index (κ3) is 5.76. The van der Waals surface area contributed by atoms with Gasteiger partial charge in [0, 0.05) is 13.1 Å². The quantitative estimate of drug-likeness (QED) is 0.634. The first-order valence-corrected chi connectivity index (χ1v) is 12.4. The van der Waals surface area contributed by atoms with Crippen molar-refractivity contribution >= 4 is 39.1 Å². The van der Waals surface area contributed by atoms with Crippen LogP contribution in [-0.2, 0) is 20.6 Å². The van der Waals surface area contributed by atoms with Gasteiger partial charge in [-0.2, -0.15) is 0 Å². The number of carbonyl (C=O) groups is 1. The number of benzene rings is 2. The zero-order valence-electron chi connectivity index (χ0n) is 16.9. The Balaban J connectivity index is 1.66. The molecule has 0 unspecified atom stereocenters. The molecular formula is C22H26Cl2N2O3S. The number of nitrogens with zero attached hydrogens (tertiary/aromatic N) is 1. The number of nitrogens with one attached hydrogen (secondary N) is 1. The first-order valence-electron chi connectivity index (χ1n) is 10.1. The maximum atomic E-state index is 12.9. The lowest BCUT2D eigenvalue weighted by Gasteiger charge is -2.32. The van der Waals surface area contributed by atoms with Crippen molar-refractivity contribution in [3.05, 3.63) is 69.7 Å². The molecule has 1 heterocycles. The summed E-state index contributed by atoms with van der Waals surface area (Å²) in [5.74, 6) is -0.625. The summed E-state index contributed by atoms with van der Waals surface area (Å²) in [7, 11) is -3.57. The predicted octanol–water partition coefficient (Wildman–Crippen LogP) is 4.80. The highest BCUT2D eigenvalue weighted by molar-refractivity contribution is 7.88. The van der Waals surface area contributed by atoms with Gasteiger partial charge in [-0.25, -0.2) is 12.7 Å². The van der Waals surface area contributed by atoms with Gasteiger partial charge in [0.25, 0.3) is 0 Å². The second-order valence-corrected chi connectivity index (χ2v) is 10.4. The molecule has 0 radical (unpaired) electrons. The van der Waals surface area contributed by atoms with E-state index in [-0.39, 0.29) is 30.2 Å². The Morgan fingerprint density at radius 3 is 2.57 bits per heavy atom. The Labute approximate surface area is 188 Å². The van der Waals surface area contributed by atoms with E-state index in [2.05, 4.69) is 5.32 Å². The smallest absolute Gasteiger partial charge is 0.224 e. The maximum absolute atomic E-state index is 12.9. The number of halogens is 2. The molecule has 8 heteroatoms. The molecule has 0 aromatic heterocycles. The van der Waals surface area contributed by atoms with Crippen molar-refractivity contribution < 1.29 is 13.2 Å². The second kappa shape index (κ2) is 10.1. The minimum Gasteiger partial charge on any atom is -0.349 e. The summed E-state index contributed by atoms with van der Waals surface area (Å²) >= 11 is 11.9. The third-order valence-corrected chi connectivity index (χ3v) is 7.96. The summed E-state index contributed by atoms with van der Waals surface area (Å²) in [6, 6.07) is 14.6. The molecule has 1 aliphatic heterocycles. The lowest BCUT2D eigenvalue weighted by atomic mass is 9.97. The Kier molecular flexibility index (Phi) is 7.80. The van der Waals surface area contributed by atoms with E-state index < -0.39 is 10.0 Å². The van der Waals surface area contributed by atoms with Crippen LogP contribution < -0.4 is 5.32 Å². The average Bonchev–Trinajstić information content (AvgIpc) is 2.75. The summed E-state index contributed by atoms with van der Waals surface area (Å²) in [6.07, 6.45) is 2.10. The van der Waals surface area contributed by atoms with Crippen LogP contribution in [0.25, 0.3) is 0 Å². The van der Waals surface area contributed by atoms with Crippen molar-refractivity contribution in [2.45, 2.75) is 38.0 Å². The molecule has 2 aromatic carbocycles. The van der Waals surface area contributed by atoms with Crippen molar-refractivity contribution in [1.29, 1.82) is 0 Å². The van der Waals surface area contributed by atoms with E-state index in [1.807, 2.05) is 37.3 Å². The fraction of sp³-hybridized carbons (Fsp3) is 0.409. The van der Waals surface area contributed by atoms with Gasteiger partial charge >= 0.3 is 0 Å². The molecule has 0 saturated carbocycles. The summed E-state index contributed by atoms with van der Waals surface area (Å²) in [4.78, 5) is 12.9. The molecule has 1 aliphatic rings. The van der Waals surface area contributed by atoms with Gasteiger partial charge in [0.1, 0.15) is 0 Å². The van der Waals surface area contributed by atoms with Crippen molar-refractivity contribution in [2.75, 3.05) is 13.1 Å². The number of carbonyl (C=O) groups excluding carboxylic acids is 1. The zero-order valence-corrected chi connectivity index (χ0v) is 19.2. The minimum absolute atomic E-state index is 0.0816. The molecule has 30 heavy (non-hydrogen) atoms. The Bertz CT molecular complexity index is 983. The highest BCUT2D eigenvalue weighted by atomic mass is 35.5. The van der Waals surface area contributed by atoms with Crippen LogP contribution in [-0.4, -0.2) is 31.7 Å². The lowest BCUT2D eigenvalue weighted by molar-refractivity contribution is -0.126. The number of piperidine rings is 1. The number of amides is 1. The van der Waals surface area contributed by atoms with Crippen LogP contribution in [0.1, 0.15) is 43.4 Å². The molecule has 1 N–H and O–H groups in total. The van der Waals surface area contributed by atoms with Gasteiger partial charge in [0.2, 0.25) is 15.9 Å². The van der Waals surface area contributed by atoms with Crippen LogP contribution in [0.3, 0.4) is 0 Å². The van der Waals surface area contributed by atoms with Gasteiger partial charge in [-0.15, -0.1) is 0 Å². The summed E-state index contributed by atoms with van der Waals surface area (Å²) in [5, 5.41) is 3.81. The molecule has 1 saturated heterocycles. The van der Waals surface area contributed by atoms with E-state index in [1.54, 1.807) is 18.2 Å². The molecule has 162 valence electrons. The first-order chi connectivity index (χ1) is 14.3. The molecule has 0 aliphatic carbocycles.